The maximum atomic E-state index is 11.9. The van der Waals surface area contributed by atoms with Crippen molar-refractivity contribution in [1.82, 2.24) is 9.88 Å². The molecule has 1 aromatic carbocycles. The number of carbonyl (C=O) groups excluding carboxylic acids is 1. The molecular weight excluding hydrogens is 284 g/mol. The summed E-state index contributed by atoms with van der Waals surface area (Å²) in [6.07, 6.45) is 0.831. The minimum absolute atomic E-state index is 0.0965. The highest BCUT2D eigenvalue weighted by Crippen LogP contribution is 2.18. The minimum Gasteiger partial charge on any atom is -0.408 e. The summed E-state index contributed by atoms with van der Waals surface area (Å²) in [6, 6.07) is 7.14. The number of benzene rings is 1. The number of nitrogens with zero attached hydrogens (tertiary/aromatic N) is 1. The van der Waals surface area contributed by atoms with E-state index in [1.807, 2.05) is 19.9 Å². The van der Waals surface area contributed by atoms with Crippen LogP contribution in [0, 0.1) is 5.41 Å². The van der Waals surface area contributed by atoms with E-state index in [9.17, 15) is 9.59 Å². The number of fused-ring (bicyclic) bond motifs is 1. The monoisotopic (exact) mass is 306 g/mol. The van der Waals surface area contributed by atoms with Gasteiger partial charge in [0.15, 0.2) is 5.58 Å². The van der Waals surface area contributed by atoms with E-state index < -0.39 is 5.76 Å². The smallest absolute Gasteiger partial charge is 0.408 e. The highest BCUT2D eigenvalue weighted by molar-refractivity contribution is 5.76. The Kier molecular flexibility index (Phi) is 5.03. The molecule has 2 rings (SSSR count). The second kappa shape index (κ2) is 6.79. The molecule has 1 aromatic heterocycles. The number of aromatic nitrogens is 1. The van der Waals surface area contributed by atoms with Gasteiger partial charge >= 0.3 is 5.76 Å². The molecule has 2 N–H and O–H groups in total. The summed E-state index contributed by atoms with van der Waals surface area (Å²) >= 11 is 0. The fraction of sp³-hybridized carbons (Fsp3) is 0.500. The number of carbonyl (C=O) groups is 1. The Balaban J connectivity index is 1.93. The van der Waals surface area contributed by atoms with Crippen LogP contribution in [-0.4, -0.2) is 28.7 Å². The number of aliphatic hydroxyl groups is 1. The molecule has 120 valence electrons. The van der Waals surface area contributed by atoms with Crippen molar-refractivity contribution < 1.29 is 14.3 Å². The van der Waals surface area contributed by atoms with E-state index >= 15 is 0 Å². The summed E-state index contributed by atoms with van der Waals surface area (Å²) in [5, 5.41) is 11.8. The summed E-state index contributed by atoms with van der Waals surface area (Å²) in [6.45, 7) is 4.84. The van der Waals surface area contributed by atoms with Crippen LogP contribution in [0.1, 0.15) is 26.7 Å². The van der Waals surface area contributed by atoms with Crippen LogP contribution in [0.4, 0.5) is 0 Å². The molecule has 0 aliphatic carbocycles. The third kappa shape index (κ3) is 3.98. The van der Waals surface area contributed by atoms with E-state index in [1.54, 1.807) is 18.2 Å². The largest absolute Gasteiger partial charge is 0.419 e. The lowest BCUT2D eigenvalue weighted by Crippen LogP contribution is -2.35. The first-order chi connectivity index (χ1) is 10.4. The lowest BCUT2D eigenvalue weighted by molar-refractivity contribution is -0.121. The SMILES string of the molecule is CC(C)(CCO)CNC(=O)CCn1c(=O)oc2ccccc21. The average Bonchev–Trinajstić information content (AvgIpc) is 2.78. The molecule has 22 heavy (non-hydrogen) atoms. The van der Waals surface area contributed by atoms with E-state index in [-0.39, 0.29) is 30.9 Å². The van der Waals surface area contributed by atoms with Crippen molar-refractivity contribution in [3.63, 3.8) is 0 Å². The van der Waals surface area contributed by atoms with E-state index in [1.165, 1.54) is 4.57 Å². The summed E-state index contributed by atoms with van der Waals surface area (Å²) in [4.78, 5) is 23.7. The normalized spacial score (nSPS) is 11.8. The fourth-order valence-corrected chi connectivity index (χ4v) is 2.26. The molecule has 1 heterocycles. The molecule has 6 heteroatoms. The van der Waals surface area contributed by atoms with Crippen molar-refractivity contribution in [1.29, 1.82) is 0 Å². The number of para-hydroxylation sites is 2. The van der Waals surface area contributed by atoms with Gasteiger partial charge in [0.2, 0.25) is 5.91 Å². The molecule has 0 atom stereocenters. The van der Waals surface area contributed by atoms with Crippen molar-refractivity contribution in [3.8, 4) is 0 Å². The Morgan fingerprint density at radius 3 is 2.82 bits per heavy atom. The van der Waals surface area contributed by atoms with E-state index in [0.717, 1.165) is 0 Å². The number of oxazole rings is 1. The molecule has 1 amide bonds. The molecule has 0 spiro atoms. The molecule has 6 nitrogen and oxygen atoms in total. The molecular formula is C16H22N2O4. The van der Waals surface area contributed by atoms with Crippen LogP contribution in [0.25, 0.3) is 11.1 Å². The second-order valence-corrected chi connectivity index (χ2v) is 6.15. The maximum absolute atomic E-state index is 11.9. The van der Waals surface area contributed by atoms with Crippen molar-refractivity contribution >= 4 is 17.0 Å². The predicted octanol–water partition coefficient (Wildman–Crippen LogP) is 1.51. The van der Waals surface area contributed by atoms with Crippen LogP contribution < -0.4 is 11.1 Å². The fourth-order valence-electron chi connectivity index (χ4n) is 2.26. The molecule has 0 saturated heterocycles. The molecule has 0 fully saturated rings. The highest BCUT2D eigenvalue weighted by atomic mass is 16.4. The van der Waals surface area contributed by atoms with E-state index in [4.69, 9.17) is 9.52 Å². The lowest BCUT2D eigenvalue weighted by atomic mass is 9.90. The summed E-state index contributed by atoms with van der Waals surface area (Å²) in [5.74, 6) is -0.571. The zero-order valence-electron chi connectivity index (χ0n) is 13.0. The third-order valence-electron chi connectivity index (χ3n) is 3.69. The van der Waals surface area contributed by atoms with Crippen LogP contribution in [0.2, 0.25) is 0 Å². The number of aliphatic hydroxyl groups excluding tert-OH is 1. The van der Waals surface area contributed by atoms with Gasteiger partial charge in [0.1, 0.15) is 0 Å². The van der Waals surface area contributed by atoms with Gasteiger partial charge in [-0.3, -0.25) is 9.36 Å². The van der Waals surface area contributed by atoms with Crippen molar-refractivity contribution in [3.05, 3.63) is 34.8 Å². The molecule has 0 bridgehead atoms. The summed E-state index contributed by atoms with van der Waals surface area (Å²) < 4.78 is 6.59. The van der Waals surface area contributed by atoms with Crippen LogP contribution >= 0.6 is 0 Å². The minimum atomic E-state index is -0.449. The third-order valence-corrected chi connectivity index (χ3v) is 3.69. The van der Waals surface area contributed by atoms with Crippen molar-refractivity contribution in [2.24, 2.45) is 5.41 Å². The van der Waals surface area contributed by atoms with Crippen LogP contribution in [-0.2, 0) is 11.3 Å². The average molecular weight is 306 g/mol. The first-order valence-electron chi connectivity index (χ1n) is 7.39. The number of hydrogen-bond acceptors (Lipinski definition) is 4. The quantitative estimate of drug-likeness (QED) is 0.812. The van der Waals surface area contributed by atoms with Crippen LogP contribution in [0.3, 0.4) is 0 Å². The van der Waals surface area contributed by atoms with Crippen molar-refractivity contribution in [2.45, 2.75) is 33.2 Å². The van der Waals surface area contributed by atoms with Gasteiger partial charge in [-0.15, -0.1) is 0 Å². The highest BCUT2D eigenvalue weighted by Gasteiger charge is 2.18. The van der Waals surface area contributed by atoms with Gasteiger partial charge in [-0.2, -0.15) is 0 Å². The molecule has 0 saturated carbocycles. The Hall–Kier alpha value is -2.08. The van der Waals surface area contributed by atoms with Gasteiger partial charge in [-0.25, -0.2) is 4.79 Å². The van der Waals surface area contributed by atoms with Gasteiger partial charge in [0.05, 0.1) is 5.52 Å². The first kappa shape index (κ1) is 16.3. The topological polar surface area (TPSA) is 84.5 Å². The van der Waals surface area contributed by atoms with E-state index in [2.05, 4.69) is 5.32 Å². The zero-order valence-corrected chi connectivity index (χ0v) is 13.0. The Morgan fingerprint density at radius 1 is 1.36 bits per heavy atom. The summed E-state index contributed by atoms with van der Waals surface area (Å²) in [7, 11) is 0. The first-order valence-corrected chi connectivity index (χ1v) is 7.39. The second-order valence-electron chi connectivity index (χ2n) is 6.15. The maximum Gasteiger partial charge on any atom is 0.419 e. The standard InChI is InChI=1S/C16H22N2O4/c1-16(2,8-10-19)11-17-14(20)7-9-18-12-5-3-4-6-13(12)22-15(18)21/h3-6,19H,7-11H2,1-2H3,(H,17,20). The Bertz CT molecular complexity index is 699. The molecule has 0 aliphatic heterocycles. The van der Waals surface area contributed by atoms with Crippen LogP contribution in [0.15, 0.2) is 33.5 Å². The summed E-state index contributed by atoms with van der Waals surface area (Å²) in [5.41, 5.74) is 1.07. The Morgan fingerprint density at radius 2 is 2.09 bits per heavy atom. The number of rotatable bonds is 7. The number of aryl methyl sites for hydroxylation is 1. The molecule has 2 aromatic rings. The Labute approximate surface area is 128 Å². The molecule has 0 aliphatic rings. The predicted molar refractivity (Wildman–Crippen MR) is 83.6 cm³/mol. The van der Waals surface area contributed by atoms with Gasteiger partial charge in [0.25, 0.3) is 0 Å². The molecule has 0 unspecified atom stereocenters. The van der Waals surface area contributed by atoms with Gasteiger partial charge < -0.3 is 14.8 Å². The van der Waals surface area contributed by atoms with Gasteiger partial charge in [-0.1, -0.05) is 26.0 Å². The number of hydrogen-bond donors (Lipinski definition) is 2. The lowest BCUT2D eigenvalue weighted by Gasteiger charge is -2.23. The van der Waals surface area contributed by atoms with Gasteiger partial charge in [-0.05, 0) is 24.0 Å². The van der Waals surface area contributed by atoms with E-state index in [0.29, 0.717) is 24.1 Å². The zero-order chi connectivity index (χ0) is 16.2. The molecule has 0 radical (unpaired) electrons. The number of nitrogens with one attached hydrogen (secondary N) is 1. The van der Waals surface area contributed by atoms with Gasteiger partial charge in [0, 0.05) is 26.1 Å². The van der Waals surface area contributed by atoms with Crippen LogP contribution in [0.5, 0.6) is 0 Å². The van der Waals surface area contributed by atoms with Crippen molar-refractivity contribution in [2.75, 3.05) is 13.2 Å². The number of amides is 1.